The summed E-state index contributed by atoms with van der Waals surface area (Å²) in [4.78, 5) is 13.1. The maximum Gasteiger partial charge on any atom is 0.219 e. The van der Waals surface area contributed by atoms with Gasteiger partial charge in [-0.3, -0.25) is 15.0 Å². The van der Waals surface area contributed by atoms with Crippen LogP contribution in [0.25, 0.3) is 0 Å². The third kappa shape index (κ3) is 4.24. The van der Waals surface area contributed by atoms with Gasteiger partial charge in [-0.1, -0.05) is 27.7 Å². The lowest BCUT2D eigenvalue weighted by molar-refractivity contribution is -0.129. The molecule has 0 saturated carbocycles. The number of H-pyrrole nitrogens is 2. The SMILES string of the molecule is CC(=O)N1CCc2c(C(C)C)n[nH]c2C1.CC(C)c1n[nH]c2c1CCNC2. The number of nitrogens with zero attached hydrogens (tertiary/aromatic N) is 3. The van der Waals surface area contributed by atoms with E-state index in [9.17, 15) is 4.79 Å². The molecule has 27 heavy (non-hydrogen) atoms. The van der Waals surface area contributed by atoms with Gasteiger partial charge in [0.05, 0.1) is 29.3 Å². The van der Waals surface area contributed by atoms with E-state index in [4.69, 9.17) is 0 Å². The number of amides is 1. The van der Waals surface area contributed by atoms with Crippen LogP contribution in [0.2, 0.25) is 0 Å². The molecule has 0 atom stereocenters. The van der Waals surface area contributed by atoms with Crippen molar-refractivity contribution in [3.8, 4) is 0 Å². The number of carbonyl (C=O) groups is 1. The largest absolute Gasteiger partial charge is 0.337 e. The zero-order valence-corrected chi connectivity index (χ0v) is 17.1. The second kappa shape index (κ2) is 8.25. The molecule has 0 unspecified atom stereocenters. The maximum atomic E-state index is 11.2. The molecule has 1 amide bonds. The van der Waals surface area contributed by atoms with Crippen molar-refractivity contribution in [1.29, 1.82) is 0 Å². The normalized spacial score (nSPS) is 16.0. The summed E-state index contributed by atoms with van der Waals surface area (Å²) in [5.74, 6) is 1.14. The van der Waals surface area contributed by atoms with E-state index in [1.807, 2.05) is 4.90 Å². The summed E-state index contributed by atoms with van der Waals surface area (Å²) in [6, 6.07) is 0. The molecule has 4 heterocycles. The molecule has 148 valence electrons. The quantitative estimate of drug-likeness (QED) is 0.756. The Morgan fingerprint density at radius 2 is 1.56 bits per heavy atom. The molecular weight excluding hydrogens is 340 g/mol. The molecule has 0 aliphatic carbocycles. The monoisotopic (exact) mass is 372 g/mol. The zero-order chi connectivity index (χ0) is 19.6. The molecule has 2 aliphatic rings. The van der Waals surface area contributed by atoms with Crippen molar-refractivity contribution in [2.75, 3.05) is 13.1 Å². The van der Waals surface area contributed by atoms with Crippen LogP contribution < -0.4 is 5.32 Å². The lowest BCUT2D eigenvalue weighted by Crippen LogP contribution is -2.34. The van der Waals surface area contributed by atoms with Crippen LogP contribution >= 0.6 is 0 Å². The Morgan fingerprint density at radius 3 is 2.15 bits per heavy atom. The molecule has 2 aromatic rings. The number of rotatable bonds is 2. The van der Waals surface area contributed by atoms with Crippen molar-refractivity contribution in [1.82, 2.24) is 30.6 Å². The lowest BCUT2D eigenvalue weighted by atomic mass is 9.98. The predicted molar refractivity (Wildman–Crippen MR) is 106 cm³/mol. The second-order valence-electron chi connectivity index (χ2n) is 8.06. The van der Waals surface area contributed by atoms with E-state index < -0.39 is 0 Å². The molecule has 0 saturated heterocycles. The number of hydrogen-bond donors (Lipinski definition) is 3. The summed E-state index contributed by atoms with van der Waals surface area (Å²) in [7, 11) is 0. The average Bonchev–Trinajstić information content (AvgIpc) is 3.25. The Labute approximate surface area is 161 Å². The number of aromatic nitrogens is 4. The molecule has 0 spiro atoms. The first kappa shape index (κ1) is 19.6. The van der Waals surface area contributed by atoms with E-state index in [2.05, 4.69) is 53.4 Å². The fourth-order valence-corrected chi connectivity index (χ4v) is 3.84. The smallest absolute Gasteiger partial charge is 0.219 e. The lowest BCUT2D eigenvalue weighted by Gasteiger charge is -2.25. The summed E-state index contributed by atoms with van der Waals surface area (Å²) >= 11 is 0. The standard InChI is InChI=1S/C11H17N3O.C9H15N3/c1-7(2)11-9-4-5-14(8(3)15)6-10(9)12-13-11;1-6(2)9-7-3-4-10-5-8(7)11-12-9/h7H,4-6H2,1-3H3,(H,12,13);6,10H,3-5H2,1-2H3,(H,11,12). The fraction of sp³-hybridized carbons (Fsp3) is 0.650. The Bertz CT molecular complexity index is 788. The Morgan fingerprint density at radius 1 is 0.963 bits per heavy atom. The minimum Gasteiger partial charge on any atom is -0.337 e. The van der Waals surface area contributed by atoms with Gasteiger partial charge in [-0.05, 0) is 36.8 Å². The van der Waals surface area contributed by atoms with Crippen molar-refractivity contribution < 1.29 is 4.79 Å². The molecular formula is C20H32N6O. The summed E-state index contributed by atoms with van der Waals surface area (Å²) in [5, 5.41) is 18.1. The molecule has 0 aromatic carbocycles. The first-order valence-corrected chi connectivity index (χ1v) is 9.96. The van der Waals surface area contributed by atoms with Crippen LogP contribution in [0.15, 0.2) is 0 Å². The fourth-order valence-electron chi connectivity index (χ4n) is 3.84. The van der Waals surface area contributed by atoms with E-state index in [1.54, 1.807) is 6.92 Å². The Kier molecular flexibility index (Phi) is 5.99. The third-order valence-corrected chi connectivity index (χ3v) is 5.34. The number of aromatic amines is 2. The van der Waals surface area contributed by atoms with Gasteiger partial charge in [-0.25, -0.2) is 0 Å². The van der Waals surface area contributed by atoms with E-state index in [-0.39, 0.29) is 5.91 Å². The summed E-state index contributed by atoms with van der Waals surface area (Å²) < 4.78 is 0. The number of hydrogen-bond acceptors (Lipinski definition) is 4. The molecule has 7 heteroatoms. The van der Waals surface area contributed by atoms with Gasteiger partial charge in [0.15, 0.2) is 0 Å². The first-order valence-electron chi connectivity index (χ1n) is 9.96. The van der Waals surface area contributed by atoms with Crippen molar-refractivity contribution >= 4 is 5.91 Å². The number of nitrogens with one attached hydrogen (secondary N) is 3. The van der Waals surface area contributed by atoms with Gasteiger partial charge in [0, 0.05) is 25.6 Å². The van der Waals surface area contributed by atoms with Crippen molar-refractivity contribution in [3.05, 3.63) is 33.9 Å². The van der Waals surface area contributed by atoms with E-state index in [1.165, 1.54) is 22.5 Å². The van der Waals surface area contributed by atoms with Gasteiger partial charge in [0.2, 0.25) is 5.91 Å². The second-order valence-corrected chi connectivity index (χ2v) is 8.06. The van der Waals surface area contributed by atoms with Crippen LogP contribution in [0.4, 0.5) is 0 Å². The van der Waals surface area contributed by atoms with Crippen molar-refractivity contribution in [2.45, 2.75) is 72.4 Å². The molecule has 7 nitrogen and oxygen atoms in total. The highest BCUT2D eigenvalue weighted by molar-refractivity contribution is 5.73. The average molecular weight is 373 g/mol. The van der Waals surface area contributed by atoms with Crippen LogP contribution in [0.1, 0.15) is 80.4 Å². The summed E-state index contributed by atoms with van der Waals surface area (Å²) in [6.07, 6.45) is 2.05. The number of fused-ring (bicyclic) bond motifs is 2. The molecule has 4 rings (SSSR count). The van der Waals surface area contributed by atoms with Crippen molar-refractivity contribution in [3.63, 3.8) is 0 Å². The van der Waals surface area contributed by atoms with Crippen LogP contribution in [-0.4, -0.2) is 44.3 Å². The van der Waals surface area contributed by atoms with Gasteiger partial charge < -0.3 is 10.2 Å². The highest BCUT2D eigenvalue weighted by Gasteiger charge is 2.23. The van der Waals surface area contributed by atoms with Gasteiger partial charge in [-0.2, -0.15) is 10.2 Å². The van der Waals surface area contributed by atoms with Crippen LogP contribution in [-0.2, 0) is 30.7 Å². The third-order valence-electron chi connectivity index (χ3n) is 5.34. The van der Waals surface area contributed by atoms with E-state index >= 15 is 0 Å². The van der Waals surface area contributed by atoms with Gasteiger partial charge >= 0.3 is 0 Å². The Balaban J connectivity index is 0.000000159. The minimum absolute atomic E-state index is 0.140. The highest BCUT2D eigenvalue weighted by Crippen LogP contribution is 2.25. The van der Waals surface area contributed by atoms with Crippen LogP contribution in [0.5, 0.6) is 0 Å². The van der Waals surface area contributed by atoms with Gasteiger partial charge in [0.25, 0.3) is 0 Å². The van der Waals surface area contributed by atoms with Crippen LogP contribution in [0, 0.1) is 0 Å². The van der Waals surface area contributed by atoms with Crippen LogP contribution in [0.3, 0.4) is 0 Å². The first-order chi connectivity index (χ1) is 12.9. The van der Waals surface area contributed by atoms with E-state index in [0.717, 1.165) is 43.9 Å². The number of carbonyl (C=O) groups excluding carboxylic acids is 1. The minimum atomic E-state index is 0.140. The molecule has 0 bridgehead atoms. The molecule has 3 N–H and O–H groups in total. The predicted octanol–water partition coefficient (Wildman–Crippen LogP) is 2.62. The molecule has 2 aliphatic heterocycles. The molecule has 2 aromatic heterocycles. The van der Waals surface area contributed by atoms with E-state index in [0.29, 0.717) is 18.4 Å². The summed E-state index contributed by atoms with van der Waals surface area (Å²) in [6.45, 7) is 13.8. The topological polar surface area (TPSA) is 89.7 Å². The highest BCUT2D eigenvalue weighted by atomic mass is 16.2. The zero-order valence-electron chi connectivity index (χ0n) is 17.1. The van der Waals surface area contributed by atoms with Crippen molar-refractivity contribution in [2.24, 2.45) is 0 Å². The maximum absolute atomic E-state index is 11.2. The Hall–Kier alpha value is -2.15. The van der Waals surface area contributed by atoms with Gasteiger partial charge in [-0.15, -0.1) is 0 Å². The molecule has 0 fully saturated rings. The van der Waals surface area contributed by atoms with Gasteiger partial charge in [0.1, 0.15) is 0 Å². The molecule has 0 radical (unpaired) electrons. The summed E-state index contributed by atoms with van der Waals surface area (Å²) in [5.41, 5.74) is 7.58.